The molecule has 1 rings (SSSR count). The summed E-state index contributed by atoms with van der Waals surface area (Å²) >= 11 is 0. The van der Waals surface area contributed by atoms with Crippen LogP contribution in [0, 0.1) is 12.8 Å². The summed E-state index contributed by atoms with van der Waals surface area (Å²) in [4.78, 5) is 18.5. The Balaban J connectivity index is 2.47. The van der Waals surface area contributed by atoms with Crippen molar-refractivity contribution in [1.29, 1.82) is 0 Å². The van der Waals surface area contributed by atoms with Gasteiger partial charge in [0.05, 0.1) is 12.7 Å². The van der Waals surface area contributed by atoms with E-state index in [0.29, 0.717) is 5.92 Å². The van der Waals surface area contributed by atoms with Crippen molar-refractivity contribution in [2.45, 2.75) is 66.2 Å². The third-order valence-electron chi connectivity index (χ3n) is 4.24. The van der Waals surface area contributed by atoms with Crippen LogP contribution in [0.4, 0.5) is 4.79 Å². The van der Waals surface area contributed by atoms with Crippen LogP contribution >= 0.6 is 0 Å². The summed E-state index contributed by atoms with van der Waals surface area (Å²) in [5.74, 6) is 1.13. The first-order valence-electron chi connectivity index (χ1n) is 9.92. The van der Waals surface area contributed by atoms with Crippen molar-refractivity contribution >= 4 is 12.1 Å². The summed E-state index contributed by atoms with van der Waals surface area (Å²) in [5, 5.41) is 10.6. The predicted octanol–water partition coefficient (Wildman–Crippen LogP) is 2.64. The number of aliphatic imine (C=N–C) groups is 1. The number of aromatic nitrogens is 2. The second kappa shape index (κ2) is 10.9. The van der Waals surface area contributed by atoms with Crippen LogP contribution in [0.3, 0.4) is 0 Å². The van der Waals surface area contributed by atoms with Gasteiger partial charge in [-0.1, -0.05) is 13.8 Å². The van der Waals surface area contributed by atoms with Crippen LogP contribution in [0.5, 0.6) is 0 Å². The topological polar surface area (TPSA) is 83.8 Å². The molecule has 0 aliphatic rings. The third kappa shape index (κ3) is 9.10. The van der Waals surface area contributed by atoms with Gasteiger partial charge in [0.1, 0.15) is 5.60 Å². The molecule has 1 aromatic rings. The molecule has 0 fully saturated rings. The number of carbonyl (C=O) groups is 1. The molecule has 0 saturated heterocycles. The number of amides is 1. The first-order valence-corrected chi connectivity index (χ1v) is 9.92. The van der Waals surface area contributed by atoms with E-state index < -0.39 is 5.60 Å². The SMILES string of the molecule is CN=C(NCCn1cc(C)cn1)N(C)CCC(NC(=O)OC(C)(C)C)C(C)C. The Kier molecular flexibility index (Phi) is 9.28. The number of alkyl carbamates (subject to hydrolysis) is 1. The quantitative estimate of drug-likeness (QED) is 0.523. The number of ether oxygens (including phenoxy) is 1. The highest BCUT2D eigenvalue weighted by molar-refractivity contribution is 5.79. The monoisotopic (exact) mass is 394 g/mol. The fraction of sp³-hybridized carbons (Fsp3) is 0.750. The summed E-state index contributed by atoms with van der Waals surface area (Å²) < 4.78 is 7.29. The van der Waals surface area contributed by atoms with Gasteiger partial charge in [-0.25, -0.2) is 4.79 Å². The maximum Gasteiger partial charge on any atom is 0.407 e. The number of nitrogens with one attached hydrogen (secondary N) is 2. The molecule has 1 unspecified atom stereocenters. The zero-order valence-corrected chi connectivity index (χ0v) is 18.7. The molecule has 0 radical (unpaired) electrons. The Hall–Kier alpha value is -2.25. The highest BCUT2D eigenvalue weighted by Gasteiger charge is 2.22. The molecule has 1 amide bonds. The van der Waals surface area contributed by atoms with Gasteiger partial charge in [0, 0.05) is 39.4 Å². The van der Waals surface area contributed by atoms with Gasteiger partial charge >= 0.3 is 6.09 Å². The average Bonchev–Trinajstić information content (AvgIpc) is 2.98. The molecule has 0 aliphatic carbocycles. The highest BCUT2D eigenvalue weighted by atomic mass is 16.6. The Morgan fingerprint density at radius 1 is 1.39 bits per heavy atom. The van der Waals surface area contributed by atoms with Crippen molar-refractivity contribution in [2.75, 3.05) is 27.2 Å². The molecule has 0 spiro atoms. The van der Waals surface area contributed by atoms with Crippen LogP contribution in [-0.4, -0.2) is 65.6 Å². The minimum Gasteiger partial charge on any atom is -0.444 e. The van der Waals surface area contributed by atoms with Gasteiger partial charge in [0.15, 0.2) is 5.96 Å². The maximum absolute atomic E-state index is 12.1. The number of hydrogen-bond donors (Lipinski definition) is 2. The minimum atomic E-state index is -0.499. The second-order valence-electron chi connectivity index (χ2n) is 8.46. The van der Waals surface area contributed by atoms with E-state index >= 15 is 0 Å². The second-order valence-corrected chi connectivity index (χ2v) is 8.46. The van der Waals surface area contributed by atoms with Crippen LogP contribution in [0.1, 0.15) is 46.6 Å². The smallest absolute Gasteiger partial charge is 0.407 e. The van der Waals surface area contributed by atoms with Crippen molar-refractivity contribution in [1.82, 2.24) is 25.3 Å². The van der Waals surface area contributed by atoms with Crippen LogP contribution in [-0.2, 0) is 11.3 Å². The van der Waals surface area contributed by atoms with E-state index in [1.165, 1.54) is 0 Å². The number of guanidine groups is 1. The highest BCUT2D eigenvalue weighted by Crippen LogP contribution is 2.11. The van der Waals surface area contributed by atoms with Crippen molar-refractivity contribution in [2.24, 2.45) is 10.9 Å². The van der Waals surface area contributed by atoms with E-state index in [-0.39, 0.29) is 12.1 Å². The Bertz CT molecular complexity index is 633. The predicted molar refractivity (Wildman–Crippen MR) is 114 cm³/mol. The van der Waals surface area contributed by atoms with Crippen molar-refractivity contribution in [3.8, 4) is 0 Å². The van der Waals surface area contributed by atoms with Gasteiger partial charge in [-0.15, -0.1) is 0 Å². The zero-order chi connectivity index (χ0) is 21.3. The first kappa shape index (κ1) is 23.8. The van der Waals surface area contributed by atoms with Gasteiger partial charge < -0.3 is 20.3 Å². The summed E-state index contributed by atoms with van der Waals surface area (Å²) in [5.41, 5.74) is 0.653. The standard InChI is InChI=1S/C20H38N6O2/c1-15(2)17(24-19(27)28-20(4,5)6)9-11-25(8)18(21-7)22-10-12-26-14-16(3)13-23-26/h13-15,17H,9-12H2,1-8H3,(H,21,22)(H,24,27). The molecule has 1 heterocycles. The lowest BCUT2D eigenvalue weighted by molar-refractivity contribution is 0.0486. The number of rotatable bonds is 8. The fourth-order valence-electron chi connectivity index (χ4n) is 2.73. The molecule has 8 heteroatoms. The lowest BCUT2D eigenvalue weighted by Gasteiger charge is -2.28. The Morgan fingerprint density at radius 3 is 2.57 bits per heavy atom. The van der Waals surface area contributed by atoms with Crippen LogP contribution in [0.25, 0.3) is 0 Å². The average molecular weight is 395 g/mol. The normalized spacial score (nSPS) is 13.4. The van der Waals surface area contributed by atoms with E-state index in [1.807, 2.05) is 51.8 Å². The number of carbonyl (C=O) groups excluding carboxylic acids is 1. The van der Waals surface area contributed by atoms with Gasteiger partial charge in [-0.05, 0) is 45.6 Å². The molecular formula is C20H38N6O2. The number of hydrogen-bond acceptors (Lipinski definition) is 4. The molecule has 0 aromatic carbocycles. The molecule has 1 aromatic heterocycles. The van der Waals surface area contributed by atoms with E-state index in [9.17, 15) is 4.79 Å². The van der Waals surface area contributed by atoms with E-state index in [0.717, 1.165) is 37.6 Å². The Labute approximate surface area is 169 Å². The lowest BCUT2D eigenvalue weighted by Crippen LogP contribution is -2.45. The molecular weight excluding hydrogens is 356 g/mol. The van der Waals surface area contributed by atoms with Gasteiger partial charge in [-0.3, -0.25) is 9.67 Å². The lowest BCUT2D eigenvalue weighted by atomic mass is 10.0. The molecule has 0 saturated carbocycles. The van der Waals surface area contributed by atoms with Crippen LogP contribution in [0.2, 0.25) is 0 Å². The third-order valence-corrected chi connectivity index (χ3v) is 4.24. The number of aryl methyl sites for hydroxylation is 1. The molecule has 0 aliphatic heterocycles. The Morgan fingerprint density at radius 2 is 2.07 bits per heavy atom. The molecule has 0 bridgehead atoms. The van der Waals surface area contributed by atoms with Crippen molar-refractivity contribution < 1.29 is 9.53 Å². The van der Waals surface area contributed by atoms with Crippen LogP contribution < -0.4 is 10.6 Å². The van der Waals surface area contributed by atoms with Crippen molar-refractivity contribution in [3.05, 3.63) is 18.0 Å². The van der Waals surface area contributed by atoms with E-state index in [4.69, 9.17) is 4.74 Å². The zero-order valence-electron chi connectivity index (χ0n) is 18.7. The largest absolute Gasteiger partial charge is 0.444 e. The number of nitrogens with zero attached hydrogens (tertiary/aromatic N) is 4. The first-order chi connectivity index (χ1) is 13.0. The molecule has 1 atom stereocenters. The van der Waals surface area contributed by atoms with Gasteiger partial charge in [0.2, 0.25) is 0 Å². The summed E-state index contributed by atoms with van der Waals surface area (Å²) in [7, 11) is 3.77. The maximum atomic E-state index is 12.1. The summed E-state index contributed by atoms with van der Waals surface area (Å²) in [6, 6.07) is 0.0301. The molecule has 28 heavy (non-hydrogen) atoms. The van der Waals surface area contributed by atoms with Crippen LogP contribution in [0.15, 0.2) is 17.4 Å². The summed E-state index contributed by atoms with van der Waals surface area (Å²) in [6.45, 7) is 14.1. The van der Waals surface area contributed by atoms with Gasteiger partial charge in [0.25, 0.3) is 0 Å². The van der Waals surface area contributed by atoms with Crippen molar-refractivity contribution in [3.63, 3.8) is 0 Å². The van der Waals surface area contributed by atoms with E-state index in [2.05, 4.69) is 39.5 Å². The minimum absolute atomic E-state index is 0.0301. The van der Waals surface area contributed by atoms with Gasteiger partial charge in [-0.2, -0.15) is 5.10 Å². The summed E-state index contributed by atoms with van der Waals surface area (Å²) in [6.07, 6.45) is 4.30. The fourth-order valence-corrected chi connectivity index (χ4v) is 2.73. The van der Waals surface area contributed by atoms with E-state index in [1.54, 1.807) is 7.05 Å². The molecule has 8 nitrogen and oxygen atoms in total. The molecule has 2 N–H and O–H groups in total. The molecule has 160 valence electrons.